The Labute approximate surface area is 197 Å². The molecule has 0 N–H and O–H groups in total. The van der Waals surface area contributed by atoms with Crippen molar-refractivity contribution < 1.29 is 14.3 Å². The van der Waals surface area contributed by atoms with Gasteiger partial charge in [0.15, 0.2) is 0 Å². The number of hydrogen-bond donors (Lipinski definition) is 0. The molecular weight excluding hydrogens is 430 g/mol. The van der Waals surface area contributed by atoms with E-state index in [0.29, 0.717) is 36.0 Å². The molecule has 0 aliphatic carbocycles. The lowest BCUT2D eigenvalue weighted by Crippen LogP contribution is -2.39. The highest BCUT2D eigenvalue weighted by Gasteiger charge is 2.29. The molecule has 1 aliphatic rings. The average molecular weight is 454 g/mol. The first kappa shape index (κ1) is 21.5. The predicted molar refractivity (Wildman–Crippen MR) is 125 cm³/mol. The molecule has 4 aromatic rings. The molecule has 1 amide bonds. The first-order valence-corrected chi connectivity index (χ1v) is 11.1. The van der Waals surface area contributed by atoms with Gasteiger partial charge < -0.3 is 14.4 Å². The Morgan fingerprint density at radius 1 is 0.824 bits per heavy atom. The Balaban J connectivity index is 1.32. The number of piperidine rings is 1. The molecule has 2 aromatic carbocycles. The summed E-state index contributed by atoms with van der Waals surface area (Å²) >= 11 is 0. The van der Waals surface area contributed by atoms with Crippen molar-refractivity contribution >= 4 is 5.91 Å². The number of likely N-dealkylation sites (tertiary alicyclic amines) is 1. The second-order valence-corrected chi connectivity index (χ2v) is 7.91. The van der Waals surface area contributed by atoms with Crippen LogP contribution in [0, 0.1) is 0 Å². The summed E-state index contributed by atoms with van der Waals surface area (Å²) in [5, 5.41) is 0. The summed E-state index contributed by atoms with van der Waals surface area (Å²) in [7, 11) is 0. The highest BCUT2D eigenvalue weighted by atomic mass is 16.5. The van der Waals surface area contributed by atoms with E-state index in [1.807, 2.05) is 35.2 Å². The largest absolute Gasteiger partial charge is 0.437 e. The number of ether oxygens (including phenoxy) is 2. The van der Waals surface area contributed by atoms with Crippen LogP contribution in [0.2, 0.25) is 0 Å². The minimum Gasteiger partial charge on any atom is -0.437 e. The second kappa shape index (κ2) is 10.1. The van der Waals surface area contributed by atoms with Crippen LogP contribution >= 0.6 is 0 Å². The van der Waals surface area contributed by atoms with E-state index in [9.17, 15) is 4.79 Å². The van der Waals surface area contributed by atoms with Gasteiger partial charge in [0.2, 0.25) is 5.88 Å². The number of rotatable bonds is 6. The third kappa shape index (κ3) is 5.01. The number of para-hydroxylation sites is 1. The predicted octanol–water partition coefficient (Wildman–Crippen LogP) is 4.87. The number of carbonyl (C=O) groups excluding carboxylic acids is 1. The van der Waals surface area contributed by atoms with Crippen LogP contribution in [0.3, 0.4) is 0 Å². The summed E-state index contributed by atoms with van der Waals surface area (Å²) in [5.74, 6) is 1.66. The monoisotopic (exact) mass is 453 g/mol. The normalized spacial score (nSPS) is 15.5. The van der Waals surface area contributed by atoms with Gasteiger partial charge in [-0.25, -0.2) is 15.0 Å². The molecule has 8 nitrogen and oxygen atoms in total. The number of aromatic nitrogens is 4. The van der Waals surface area contributed by atoms with Crippen LogP contribution in [-0.2, 0) is 0 Å². The SMILES string of the molecule is O=C(c1cccc(Oc2ncccn2)c1)N1CCC[C@@H](c2nccnc2Oc2ccccc2)C1. The lowest BCUT2D eigenvalue weighted by molar-refractivity contribution is 0.0704. The summed E-state index contributed by atoms with van der Waals surface area (Å²) < 4.78 is 11.7. The maximum atomic E-state index is 13.3. The molecule has 2 aromatic heterocycles. The van der Waals surface area contributed by atoms with Crippen LogP contribution in [0.1, 0.15) is 34.8 Å². The van der Waals surface area contributed by atoms with Crippen molar-refractivity contribution in [3.05, 3.63) is 96.7 Å². The molecule has 0 saturated carbocycles. The average Bonchev–Trinajstić information content (AvgIpc) is 2.90. The third-order valence-electron chi connectivity index (χ3n) is 5.58. The van der Waals surface area contributed by atoms with Crippen molar-refractivity contribution in [1.29, 1.82) is 0 Å². The molecule has 1 saturated heterocycles. The number of nitrogens with zero attached hydrogens (tertiary/aromatic N) is 5. The molecule has 34 heavy (non-hydrogen) atoms. The van der Waals surface area contributed by atoms with Crippen molar-refractivity contribution in [1.82, 2.24) is 24.8 Å². The van der Waals surface area contributed by atoms with Crippen molar-refractivity contribution in [3.63, 3.8) is 0 Å². The van der Waals surface area contributed by atoms with Gasteiger partial charge in [-0.2, -0.15) is 0 Å². The summed E-state index contributed by atoms with van der Waals surface area (Å²) in [6, 6.07) is 18.5. The maximum Gasteiger partial charge on any atom is 0.321 e. The molecular formula is C26H23N5O3. The molecule has 1 fully saturated rings. The van der Waals surface area contributed by atoms with Gasteiger partial charge in [0, 0.05) is 49.4 Å². The molecule has 8 heteroatoms. The van der Waals surface area contributed by atoms with Crippen LogP contribution in [-0.4, -0.2) is 43.8 Å². The van der Waals surface area contributed by atoms with E-state index in [1.54, 1.807) is 55.1 Å². The highest BCUT2D eigenvalue weighted by Crippen LogP contribution is 2.33. The molecule has 0 bridgehead atoms. The minimum absolute atomic E-state index is 0.0299. The van der Waals surface area contributed by atoms with Crippen LogP contribution < -0.4 is 9.47 Å². The maximum absolute atomic E-state index is 13.3. The standard InChI is InChI=1S/C26H23N5O3/c32-25(19-7-4-11-22(17-19)34-26-29-12-6-13-30-26)31-16-5-8-20(18-31)23-24(28-15-14-27-23)33-21-9-2-1-3-10-21/h1-4,6-7,9-15,17,20H,5,8,16,18H2/t20-/m1/s1. The van der Waals surface area contributed by atoms with Gasteiger partial charge in [-0.1, -0.05) is 24.3 Å². The van der Waals surface area contributed by atoms with E-state index in [0.717, 1.165) is 18.5 Å². The van der Waals surface area contributed by atoms with E-state index in [2.05, 4.69) is 19.9 Å². The molecule has 1 aliphatic heterocycles. The number of carbonyl (C=O) groups is 1. The van der Waals surface area contributed by atoms with E-state index >= 15 is 0 Å². The number of hydrogen-bond acceptors (Lipinski definition) is 7. The van der Waals surface area contributed by atoms with Gasteiger partial charge >= 0.3 is 6.01 Å². The van der Waals surface area contributed by atoms with E-state index in [4.69, 9.17) is 9.47 Å². The second-order valence-electron chi connectivity index (χ2n) is 7.91. The van der Waals surface area contributed by atoms with Gasteiger partial charge in [0.25, 0.3) is 5.91 Å². The quantitative estimate of drug-likeness (QED) is 0.411. The summed E-state index contributed by atoms with van der Waals surface area (Å²) in [5.41, 5.74) is 1.32. The van der Waals surface area contributed by atoms with Crippen LogP contribution in [0.25, 0.3) is 0 Å². The van der Waals surface area contributed by atoms with Crippen LogP contribution in [0.15, 0.2) is 85.5 Å². The zero-order valence-electron chi connectivity index (χ0n) is 18.4. The Kier molecular flexibility index (Phi) is 6.38. The number of benzene rings is 2. The first-order valence-electron chi connectivity index (χ1n) is 11.1. The fraction of sp³-hybridized carbons (Fsp3) is 0.192. The summed E-state index contributed by atoms with van der Waals surface area (Å²) in [6.07, 6.45) is 8.27. The molecule has 0 spiro atoms. The number of amides is 1. The molecule has 0 unspecified atom stereocenters. The molecule has 0 radical (unpaired) electrons. The van der Waals surface area contributed by atoms with Gasteiger partial charge in [-0.15, -0.1) is 0 Å². The smallest absolute Gasteiger partial charge is 0.321 e. The topological polar surface area (TPSA) is 90.3 Å². The zero-order valence-corrected chi connectivity index (χ0v) is 18.4. The Hall–Kier alpha value is -4.33. The van der Waals surface area contributed by atoms with Crippen molar-refractivity contribution in [3.8, 4) is 23.4 Å². The Morgan fingerprint density at radius 2 is 1.62 bits per heavy atom. The first-order chi connectivity index (χ1) is 16.8. The zero-order chi connectivity index (χ0) is 23.2. The molecule has 1 atom stereocenters. The highest BCUT2D eigenvalue weighted by molar-refractivity contribution is 5.94. The summed E-state index contributed by atoms with van der Waals surface area (Å²) in [4.78, 5) is 32.3. The Morgan fingerprint density at radius 3 is 2.47 bits per heavy atom. The molecule has 170 valence electrons. The lowest BCUT2D eigenvalue weighted by atomic mass is 9.94. The van der Waals surface area contributed by atoms with Crippen molar-refractivity contribution in [2.45, 2.75) is 18.8 Å². The Bertz CT molecular complexity index is 1250. The van der Waals surface area contributed by atoms with E-state index < -0.39 is 0 Å². The van der Waals surface area contributed by atoms with Crippen molar-refractivity contribution in [2.24, 2.45) is 0 Å². The lowest BCUT2D eigenvalue weighted by Gasteiger charge is -2.33. The van der Waals surface area contributed by atoms with Gasteiger partial charge in [-0.3, -0.25) is 9.78 Å². The molecule has 5 rings (SSSR count). The van der Waals surface area contributed by atoms with Crippen LogP contribution in [0.4, 0.5) is 0 Å². The van der Waals surface area contributed by atoms with Gasteiger partial charge in [0.1, 0.15) is 17.2 Å². The fourth-order valence-corrected chi connectivity index (χ4v) is 4.00. The van der Waals surface area contributed by atoms with Gasteiger partial charge in [0.05, 0.1) is 0 Å². The fourth-order valence-electron chi connectivity index (χ4n) is 4.00. The third-order valence-corrected chi connectivity index (χ3v) is 5.58. The summed E-state index contributed by atoms with van der Waals surface area (Å²) in [6.45, 7) is 1.22. The van der Waals surface area contributed by atoms with Gasteiger partial charge in [-0.05, 0) is 49.2 Å². The van der Waals surface area contributed by atoms with E-state index in [-0.39, 0.29) is 17.8 Å². The van der Waals surface area contributed by atoms with E-state index in [1.165, 1.54) is 0 Å². The van der Waals surface area contributed by atoms with Crippen molar-refractivity contribution in [2.75, 3.05) is 13.1 Å². The minimum atomic E-state index is -0.0569. The molecule has 3 heterocycles. The van der Waals surface area contributed by atoms with Crippen LogP contribution in [0.5, 0.6) is 23.4 Å².